The van der Waals surface area contributed by atoms with Gasteiger partial charge in [0.2, 0.25) is 16.7 Å². The zero-order valence-corrected chi connectivity index (χ0v) is 14.3. The molecule has 1 aromatic rings. The molecule has 1 aromatic heterocycles. The summed E-state index contributed by atoms with van der Waals surface area (Å²) in [5.41, 5.74) is -0.487. The Morgan fingerprint density at radius 3 is 2.65 bits per heavy atom. The van der Waals surface area contributed by atoms with Gasteiger partial charge in [0, 0.05) is 11.5 Å². The van der Waals surface area contributed by atoms with Crippen LogP contribution in [-0.4, -0.2) is 46.0 Å². The fourth-order valence-electron chi connectivity index (χ4n) is 1.25. The van der Waals surface area contributed by atoms with Crippen molar-refractivity contribution in [3.8, 4) is 0 Å². The van der Waals surface area contributed by atoms with E-state index in [1.54, 1.807) is 13.8 Å². The predicted octanol–water partition coefficient (Wildman–Crippen LogP) is 2.12. The molecule has 2 N–H and O–H groups in total. The average Bonchev–Trinajstić information content (AvgIpc) is 2.91. The van der Waals surface area contributed by atoms with Crippen molar-refractivity contribution in [3.05, 3.63) is 18.5 Å². The van der Waals surface area contributed by atoms with E-state index in [1.165, 1.54) is 6.08 Å². The first-order valence-electron chi connectivity index (χ1n) is 6.51. The van der Waals surface area contributed by atoms with Crippen molar-refractivity contribution in [2.24, 2.45) is 5.16 Å². The highest BCUT2D eigenvalue weighted by Gasteiger charge is 2.27. The minimum absolute atomic E-state index is 0.0376. The summed E-state index contributed by atoms with van der Waals surface area (Å²) < 4.78 is 26.2. The summed E-state index contributed by atoms with van der Waals surface area (Å²) in [6.07, 6.45) is 1.41. The van der Waals surface area contributed by atoms with Gasteiger partial charge in [-0.1, -0.05) is 17.8 Å². The topological polar surface area (TPSA) is 132 Å². The first-order valence-corrected chi connectivity index (χ1v) is 8.83. The van der Waals surface area contributed by atoms with Gasteiger partial charge in [-0.3, -0.25) is 14.1 Å². The number of nitrogens with zero attached hydrogens (tertiary/aromatic N) is 3. The van der Waals surface area contributed by atoms with Crippen molar-refractivity contribution in [2.45, 2.75) is 13.8 Å². The number of nitrogens with one attached hydrogen (secondary N) is 1. The lowest BCUT2D eigenvalue weighted by molar-refractivity contribution is -0.129. The minimum atomic E-state index is -3.58. The van der Waals surface area contributed by atoms with E-state index in [0.29, 0.717) is 0 Å². The van der Waals surface area contributed by atoms with Crippen LogP contribution in [0.1, 0.15) is 19.7 Å². The molecule has 0 aliphatic heterocycles. The third kappa shape index (κ3) is 6.06. The third-order valence-electron chi connectivity index (χ3n) is 2.02. The second kappa shape index (κ2) is 9.36. The zero-order valence-electron chi connectivity index (χ0n) is 12.6. The Labute approximate surface area is 136 Å². The third-order valence-corrected chi connectivity index (χ3v) is 4.48. The number of anilines is 1. The Morgan fingerprint density at radius 2 is 2.13 bits per heavy atom. The van der Waals surface area contributed by atoms with Crippen molar-refractivity contribution in [1.82, 2.24) is 9.36 Å². The molecule has 0 radical (unpaired) electrons. The molecule has 0 fully saturated rings. The van der Waals surface area contributed by atoms with Crippen LogP contribution >= 0.6 is 19.3 Å². The average molecular weight is 364 g/mol. The molecule has 0 saturated heterocycles. The maximum Gasteiger partial charge on any atom is 0.434 e. The molecule has 0 spiro atoms. The maximum absolute atomic E-state index is 12.3. The van der Waals surface area contributed by atoms with Gasteiger partial charge in [0.05, 0.1) is 13.2 Å². The Balaban J connectivity index is 2.94. The summed E-state index contributed by atoms with van der Waals surface area (Å²) >= 11 is 0.789. The number of aliphatic carboxylic acids is 1. The normalized spacial score (nSPS) is 12.0. The first kappa shape index (κ1) is 19.2. The number of oxime groups is 1. The summed E-state index contributed by atoms with van der Waals surface area (Å²) in [5, 5.41) is 15.1. The van der Waals surface area contributed by atoms with Gasteiger partial charge in [-0.05, 0) is 13.8 Å². The molecular weight excluding hydrogens is 347 g/mol. The summed E-state index contributed by atoms with van der Waals surface area (Å²) in [6, 6.07) is 0. The van der Waals surface area contributed by atoms with E-state index < -0.39 is 19.4 Å². The summed E-state index contributed by atoms with van der Waals surface area (Å²) in [4.78, 5) is 19.8. The number of rotatable bonds is 11. The highest BCUT2D eigenvalue weighted by Crippen LogP contribution is 2.47. The molecule has 0 aliphatic carbocycles. The number of carbonyl (C=O) groups is 1. The van der Waals surface area contributed by atoms with Crippen molar-refractivity contribution in [2.75, 3.05) is 24.9 Å². The Bertz CT molecular complexity index is 609. The predicted molar refractivity (Wildman–Crippen MR) is 84.7 cm³/mol. The van der Waals surface area contributed by atoms with Crippen LogP contribution in [0.2, 0.25) is 0 Å². The van der Waals surface area contributed by atoms with E-state index in [-0.39, 0.29) is 30.8 Å². The standard InChI is InChI=1S/C11H17N4O6PS/c1-4-7-19-13-8(10(16)17)9-12-11(23-15-9)14-22(18,20-5-2)21-6-3/h4H,1,5-7H2,2-3H3,(H,16,17)(H,12,14,15,18)/b13-8-. The van der Waals surface area contributed by atoms with Crippen LogP contribution in [0.4, 0.5) is 5.13 Å². The van der Waals surface area contributed by atoms with Gasteiger partial charge in [0.1, 0.15) is 6.61 Å². The fraction of sp³-hybridized carbons (Fsp3) is 0.455. The number of aromatic nitrogens is 2. The molecule has 0 bridgehead atoms. The highest BCUT2D eigenvalue weighted by atomic mass is 32.1. The van der Waals surface area contributed by atoms with Crippen molar-refractivity contribution >= 4 is 36.1 Å². The first-order chi connectivity index (χ1) is 11.0. The highest BCUT2D eigenvalue weighted by molar-refractivity contribution is 7.56. The molecule has 12 heteroatoms. The van der Waals surface area contributed by atoms with Crippen LogP contribution < -0.4 is 5.09 Å². The van der Waals surface area contributed by atoms with Crippen LogP contribution in [0, 0.1) is 0 Å². The molecule has 0 aliphatic rings. The molecule has 1 heterocycles. The summed E-state index contributed by atoms with van der Waals surface area (Å²) in [5.74, 6) is -1.55. The number of carboxylic acid groups (broad SMARTS) is 1. The monoisotopic (exact) mass is 364 g/mol. The molecule has 0 aromatic carbocycles. The Hall–Kier alpha value is -1.81. The lowest BCUT2D eigenvalue weighted by atomic mass is 10.4. The van der Waals surface area contributed by atoms with Gasteiger partial charge >= 0.3 is 13.7 Å². The van der Waals surface area contributed by atoms with E-state index >= 15 is 0 Å². The Morgan fingerprint density at radius 1 is 1.48 bits per heavy atom. The number of hydrogen-bond donors (Lipinski definition) is 2. The van der Waals surface area contributed by atoms with Gasteiger partial charge in [0.25, 0.3) is 0 Å². The largest absolute Gasteiger partial charge is 0.476 e. The second-order valence-electron chi connectivity index (χ2n) is 3.70. The van der Waals surface area contributed by atoms with Gasteiger partial charge in [0.15, 0.2) is 0 Å². The van der Waals surface area contributed by atoms with Crippen molar-refractivity contribution < 1.29 is 28.4 Å². The smallest absolute Gasteiger partial charge is 0.434 e. The lowest BCUT2D eigenvalue weighted by Gasteiger charge is -2.16. The van der Waals surface area contributed by atoms with E-state index in [2.05, 4.69) is 26.2 Å². The molecule has 128 valence electrons. The molecule has 0 unspecified atom stereocenters. The molecule has 1 rings (SSSR count). The van der Waals surface area contributed by atoms with E-state index in [1.807, 2.05) is 0 Å². The summed E-state index contributed by atoms with van der Waals surface area (Å²) in [6.45, 7) is 7.09. The zero-order chi connectivity index (χ0) is 17.3. The molecular formula is C11H17N4O6PS. The van der Waals surface area contributed by atoms with Crippen LogP contribution in [0.25, 0.3) is 0 Å². The number of hydrogen-bond acceptors (Lipinski definition) is 9. The van der Waals surface area contributed by atoms with Gasteiger partial charge in [-0.2, -0.15) is 9.36 Å². The van der Waals surface area contributed by atoms with Gasteiger partial charge < -0.3 is 9.94 Å². The quantitative estimate of drug-likeness (QED) is 0.199. The van der Waals surface area contributed by atoms with E-state index in [9.17, 15) is 9.36 Å². The van der Waals surface area contributed by atoms with Crippen LogP contribution in [0.5, 0.6) is 0 Å². The number of carboxylic acids is 1. The van der Waals surface area contributed by atoms with Crippen LogP contribution in [0.15, 0.2) is 17.8 Å². The molecule has 23 heavy (non-hydrogen) atoms. The molecule has 0 amide bonds. The lowest BCUT2D eigenvalue weighted by Crippen LogP contribution is -2.17. The summed E-state index contributed by atoms with van der Waals surface area (Å²) in [7, 11) is -3.58. The van der Waals surface area contributed by atoms with Crippen molar-refractivity contribution in [1.29, 1.82) is 0 Å². The Kier molecular flexibility index (Phi) is 7.83. The van der Waals surface area contributed by atoms with Crippen LogP contribution in [0.3, 0.4) is 0 Å². The minimum Gasteiger partial charge on any atom is -0.476 e. The maximum atomic E-state index is 12.3. The molecule has 10 nitrogen and oxygen atoms in total. The molecule has 0 atom stereocenters. The molecule has 0 saturated carbocycles. The van der Waals surface area contributed by atoms with E-state index in [4.69, 9.17) is 19.0 Å². The SMILES string of the molecule is C=CCO/N=C(\C(=O)O)c1nsc(NP(=O)(OCC)OCC)n1. The van der Waals surface area contributed by atoms with Crippen LogP contribution in [-0.2, 0) is 23.2 Å². The fourth-order valence-corrected chi connectivity index (χ4v) is 3.35. The van der Waals surface area contributed by atoms with Gasteiger partial charge in [-0.25, -0.2) is 9.36 Å². The van der Waals surface area contributed by atoms with Crippen molar-refractivity contribution in [3.63, 3.8) is 0 Å². The van der Waals surface area contributed by atoms with E-state index in [0.717, 1.165) is 11.5 Å². The van der Waals surface area contributed by atoms with Gasteiger partial charge in [-0.15, -0.1) is 0 Å². The second-order valence-corrected chi connectivity index (χ2v) is 6.18.